The number of hydrogen-bond acceptors (Lipinski definition) is 6. The molecule has 9 heteroatoms. The second kappa shape index (κ2) is 8.81. The first-order valence-corrected chi connectivity index (χ1v) is 9.54. The molecule has 0 fully saturated rings. The van der Waals surface area contributed by atoms with Gasteiger partial charge >= 0.3 is 5.97 Å². The molecule has 0 saturated carbocycles. The molecule has 1 aliphatic rings. The fourth-order valence-electron chi connectivity index (χ4n) is 3.40. The minimum Gasteiger partial charge on any atom is -0.481 e. The van der Waals surface area contributed by atoms with Crippen LogP contribution in [0, 0.1) is 0 Å². The minimum absolute atomic E-state index is 0.172. The Bertz CT molecular complexity index is 978. The van der Waals surface area contributed by atoms with Crippen molar-refractivity contribution < 1.29 is 19.5 Å². The molecular weight excluding hydrogens is 386 g/mol. The number of aliphatic carboxylic acids is 1. The molecule has 0 saturated heterocycles. The molecule has 0 aliphatic carbocycles. The summed E-state index contributed by atoms with van der Waals surface area (Å²) in [6.07, 6.45) is -0.315. The number of carbonyl (C=O) groups excluding carboxylic acids is 2. The van der Waals surface area contributed by atoms with Crippen molar-refractivity contribution in [1.82, 2.24) is 14.8 Å². The number of likely N-dealkylation sites (N-methyl/N-ethyl adjacent to an activating group) is 1. The standard InChI is InChI=1S/C21H25N5O4/c1-22-18-6-4-5-15(23-18)12-26(3)20(29)13-7-8-16-14(9-13)11-25(2)21(30)17(24-16)10-19(27)28/h4-9,17,24H,10-12H2,1-3H3,(H,22,23)(H,27,28)/t17-/m0/s1. The largest absolute Gasteiger partial charge is 0.481 e. The molecule has 2 heterocycles. The van der Waals surface area contributed by atoms with E-state index in [2.05, 4.69) is 15.6 Å². The normalized spacial score (nSPS) is 15.6. The van der Waals surface area contributed by atoms with Crippen molar-refractivity contribution in [1.29, 1.82) is 0 Å². The van der Waals surface area contributed by atoms with Gasteiger partial charge in [-0.05, 0) is 35.9 Å². The minimum atomic E-state index is -1.05. The summed E-state index contributed by atoms with van der Waals surface area (Å²) >= 11 is 0. The van der Waals surface area contributed by atoms with E-state index in [-0.39, 0.29) is 24.8 Å². The zero-order chi connectivity index (χ0) is 21.8. The van der Waals surface area contributed by atoms with Crippen molar-refractivity contribution in [3.8, 4) is 0 Å². The van der Waals surface area contributed by atoms with Crippen LogP contribution in [0.3, 0.4) is 0 Å². The van der Waals surface area contributed by atoms with E-state index in [4.69, 9.17) is 5.11 Å². The number of anilines is 2. The van der Waals surface area contributed by atoms with Gasteiger partial charge in [-0.1, -0.05) is 6.07 Å². The number of hydrogen-bond donors (Lipinski definition) is 3. The predicted molar refractivity (Wildman–Crippen MR) is 112 cm³/mol. The van der Waals surface area contributed by atoms with E-state index in [9.17, 15) is 14.4 Å². The summed E-state index contributed by atoms with van der Waals surface area (Å²) in [5.74, 6) is -0.793. The second-order valence-electron chi connectivity index (χ2n) is 7.29. The molecule has 0 unspecified atom stereocenters. The molecule has 2 amide bonds. The van der Waals surface area contributed by atoms with Gasteiger partial charge < -0.3 is 25.5 Å². The Morgan fingerprint density at radius 2 is 2.10 bits per heavy atom. The summed E-state index contributed by atoms with van der Waals surface area (Å²) in [7, 11) is 5.11. The highest BCUT2D eigenvalue weighted by Crippen LogP contribution is 2.25. The SMILES string of the molecule is CNc1cccc(CN(C)C(=O)c2ccc3c(c2)CN(C)C(=O)[C@H](CC(=O)O)N3)n1. The monoisotopic (exact) mass is 411 g/mol. The first-order valence-electron chi connectivity index (χ1n) is 9.54. The molecule has 30 heavy (non-hydrogen) atoms. The number of nitrogens with zero attached hydrogens (tertiary/aromatic N) is 3. The molecule has 3 N–H and O–H groups in total. The van der Waals surface area contributed by atoms with Crippen molar-refractivity contribution >= 4 is 29.3 Å². The van der Waals surface area contributed by atoms with E-state index in [0.717, 1.165) is 17.1 Å². The van der Waals surface area contributed by atoms with Gasteiger partial charge in [-0.2, -0.15) is 0 Å². The van der Waals surface area contributed by atoms with E-state index < -0.39 is 12.0 Å². The summed E-state index contributed by atoms with van der Waals surface area (Å²) in [6.45, 7) is 0.636. The van der Waals surface area contributed by atoms with Crippen LogP contribution in [0.2, 0.25) is 0 Å². The first kappa shape index (κ1) is 21.1. The third kappa shape index (κ3) is 4.68. The highest BCUT2D eigenvalue weighted by atomic mass is 16.4. The van der Waals surface area contributed by atoms with E-state index in [1.54, 1.807) is 44.2 Å². The van der Waals surface area contributed by atoms with Gasteiger partial charge in [-0.15, -0.1) is 0 Å². The molecule has 1 aliphatic heterocycles. The van der Waals surface area contributed by atoms with Crippen molar-refractivity contribution in [2.24, 2.45) is 0 Å². The number of amides is 2. The molecule has 1 aromatic heterocycles. The third-order valence-corrected chi connectivity index (χ3v) is 4.95. The summed E-state index contributed by atoms with van der Waals surface area (Å²) < 4.78 is 0. The maximum Gasteiger partial charge on any atom is 0.305 e. The molecule has 0 radical (unpaired) electrons. The molecule has 158 valence electrons. The van der Waals surface area contributed by atoms with Gasteiger partial charge in [0, 0.05) is 38.9 Å². The number of carbonyl (C=O) groups is 3. The fourth-order valence-corrected chi connectivity index (χ4v) is 3.40. The molecular formula is C21H25N5O4. The van der Waals surface area contributed by atoms with E-state index in [0.29, 0.717) is 17.8 Å². The zero-order valence-corrected chi connectivity index (χ0v) is 17.2. The molecule has 9 nitrogen and oxygen atoms in total. The lowest BCUT2D eigenvalue weighted by molar-refractivity contribution is -0.141. The van der Waals surface area contributed by atoms with Gasteiger partial charge in [0.1, 0.15) is 11.9 Å². The zero-order valence-electron chi connectivity index (χ0n) is 17.2. The number of fused-ring (bicyclic) bond motifs is 1. The molecule has 0 bridgehead atoms. The van der Waals surface area contributed by atoms with Gasteiger partial charge in [0.2, 0.25) is 5.91 Å². The molecule has 2 aromatic rings. The van der Waals surface area contributed by atoms with Crippen LogP contribution in [0.1, 0.15) is 28.0 Å². The summed E-state index contributed by atoms with van der Waals surface area (Å²) in [5, 5.41) is 15.1. The number of aromatic nitrogens is 1. The van der Waals surface area contributed by atoms with Crippen LogP contribution in [0.5, 0.6) is 0 Å². The maximum absolute atomic E-state index is 12.9. The Labute approximate surface area is 174 Å². The average molecular weight is 411 g/mol. The molecule has 1 aromatic carbocycles. The maximum atomic E-state index is 12.9. The number of carboxylic acid groups (broad SMARTS) is 1. The molecule has 1 atom stereocenters. The van der Waals surface area contributed by atoms with Gasteiger partial charge in [-0.25, -0.2) is 4.98 Å². The van der Waals surface area contributed by atoms with E-state index >= 15 is 0 Å². The quantitative estimate of drug-likeness (QED) is 0.662. The van der Waals surface area contributed by atoms with E-state index in [1.165, 1.54) is 4.90 Å². The summed E-state index contributed by atoms with van der Waals surface area (Å²) in [6, 6.07) is 9.87. The summed E-state index contributed by atoms with van der Waals surface area (Å²) in [4.78, 5) is 43.9. The highest BCUT2D eigenvalue weighted by molar-refractivity contribution is 5.95. The molecule has 0 spiro atoms. The first-order chi connectivity index (χ1) is 14.3. The average Bonchev–Trinajstić information content (AvgIpc) is 2.83. The number of nitrogens with one attached hydrogen (secondary N) is 2. The Hall–Kier alpha value is -3.62. The predicted octanol–water partition coefficient (Wildman–Crippen LogP) is 1.62. The lowest BCUT2D eigenvalue weighted by Crippen LogP contribution is -2.39. The van der Waals surface area contributed by atoms with Gasteiger partial charge in [0.05, 0.1) is 18.7 Å². The molecule has 3 rings (SSSR count). The van der Waals surface area contributed by atoms with Crippen molar-refractivity contribution in [3.05, 3.63) is 53.2 Å². The van der Waals surface area contributed by atoms with Crippen LogP contribution in [0.4, 0.5) is 11.5 Å². The third-order valence-electron chi connectivity index (χ3n) is 4.95. The highest BCUT2D eigenvalue weighted by Gasteiger charge is 2.29. The van der Waals surface area contributed by atoms with Crippen LogP contribution < -0.4 is 10.6 Å². The van der Waals surface area contributed by atoms with E-state index in [1.807, 2.05) is 18.2 Å². The van der Waals surface area contributed by atoms with Crippen LogP contribution in [0.15, 0.2) is 36.4 Å². The number of benzene rings is 1. The van der Waals surface area contributed by atoms with Crippen LogP contribution >= 0.6 is 0 Å². The number of carboxylic acids is 1. The van der Waals surface area contributed by atoms with Crippen LogP contribution in [-0.4, -0.2) is 64.9 Å². The lowest BCUT2D eigenvalue weighted by Gasteiger charge is -2.19. The lowest BCUT2D eigenvalue weighted by atomic mass is 10.1. The summed E-state index contributed by atoms with van der Waals surface area (Å²) in [5.41, 5.74) is 2.66. The fraction of sp³-hybridized carbons (Fsp3) is 0.333. The Kier molecular flexibility index (Phi) is 6.20. The Morgan fingerprint density at radius 1 is 1.33 bits per heavy atom. The number of rotatable bonds is 6. The second-order valence-corrected chi connectivity index (χ2v) is 7.29. The van der Waals surface area contributed by atoms with Gasteiger partial charge in [0.15, 0.2) is 0 Å². The van der Waals surface area contributed by atoms with Crippen molar-refractivity contribution in [2.45, 2.75) is 25.6 Å². The topological polar surface area (TPSA) is 115 Å². The van der Waals surface area contributed by atoms with Crippen molar-refractivity contribution in [3.63, 3.8) is 0 Å². The Morgan fingerprint density at radius 3 is 2.80 bits per heavy atom. The van der Waals surface area contributed by atoms with Crippen molar-refractivity contribution in [2.75, 3.05) is 31.8 Å². The van der Waals surface area contributed by atoms with Gasteiger partial charge in [0.25, 0.3) is 5.91 Å². The number of pyridine rings is 1. The van der Waals surface area contributed by atoms with Crippen LogP contribution in [0.25, 0.3) is 0 Å². The smallest absolute Gasteiger partial charge is 0.305 e. The van der Waals surface area contributed by atoms with Gasteiger partial charge in [-0.3, -0.25) is 14.4 Å². The Balaban J connectivity index is 1.79. The van der Waals surface area contributed by atoms with Crippen LogP contribution in [-0.2, 0) is 22.7 Å².